The molecule has 10 heteroatoms. The van der Waals surface area contributed by atoms with E-state index in [2.05, 4.69) is 15.8 Å². The molecule has 0 bridgehead atoms. The molecule has 6 N–H and O–H groups in total. The van der Waals surface area contributed by atoms with Crippen molar-refractivity contribution >= 4 is 17.7 Å². The second-order valence-corrected chi connectivity index (χ2v) is 9.80. The predicted molar refractivity (Wildman–Crippen MR) is 157 cm³/mol. The van der Waals surface area contributed by atoms with Gasteiger partial charge in [-0.15, -0.1) is 0 Å². The molecule has 1 aromatic heterocycles. The predicted octanol–water partition coefficient (Wildman–Crippen LogP) is 3.00. The van der Waals surface area contributed by atoms with E-state index in [-0.39, 0.29) is 36.7 Å². The van der Waals surface area contributed by atoms with Crippen LogP contribution in [-0.4, -0.2) is 35.5 Å². The number of aromatic nitrogens is 1. The van der Waals surface area contributed by atoms with E-state index < -0.39 is 23.8 Å². The molecule has 0 aliphatic carbocycles. The van der Waals surface area contributed by atoms with Crippen LogP contribution in [0.25, 0.3) is 0 Å². The third-order valence-corrected chi connectivity index (χ3v) is 6.76. The minimum atomic E-state index is -0.881. The molecule has 2 atom stereocenters. The van der Waals surface area contributed by atoms with Crippen LogP contribution >= 0.6 is 0 Å². The maximum atomic E-state index is 13.8. The van der Waals surface area contributed by atoms with Crippen LogP contribution in [0.5, 0.6) is 5.75 Å². The number of hydrogen-bond donors (Lipinski definition) is 4. The van der Waals surface area contributed by atoms with Gasteiger partial charge in [0.25, 0.3) is 5.91 Å². The third kappa shape index (κ3) is 8.28. The average Bonchev–Trinajstić information content (AvgIpc) is 3.50. The van der Waals surface area contributed by atoms with Crippen molar-refractivity contribution in [2.45, 2.75) is 44.8 Å². The lowest BCUT2D eigenvalue weighted by molar-refractivity contribution is -0.129. The molecule has 0 unspecified atom stereocenters. The lowest BCUT2D eigenvalue weighted by Gasteiger charge is -2.22. The maximum Gasteiger partial charge on any atom is 0.287 e. The minimum absolute atomic E-state index is 0.159. The Bertz CT molecular complexity index is 1470. The fraction of sp³-hybridized carbons (Fsp3) is 0.250. The molecule has 10 nitrogen and oxygen atoms in total. The van der Waals surface area contributed by atoms with Crippen molar-refractivity contribution < 1.29 is 23.6 Å². The van der Waals surface area contributed by atoms with Gasteiger partial charge >= 0.3 is 0 Å². The van der Waals surface area contributed by atoms with E-state index in [4.69, 9.17) is 20.7 Å². The Balaban J connectivity index is 1.56. The number of hydrogen-bond acceptors (Lipinski definition) is 7. The number of primary amides is 1. The van der Waals surface area contributed by atoms with Gasteiger partial charge in [-0.05, 0) is 47.7 Å². The minimum Gasteiger partial charge on any atom is -0.494 e. The van der Waals surface area contributed by atoms with E-state index in [0.29, 0.717) is 18.9 Å². The van der Waals surface area contributed by atoms with Gasteiger partial charge in [-0.25, -0.2) is 0 Å². The second kappa shape index (κ2) is 14.6. The van der Waals surface area contributed by atoms with Crippen molar-refractivity contribution in [2.24, 2.45) is 11.5 Å². The number of rotatable bonds is 14. The molecular formula is C32H35N5O5. The van der Waals surface area contributed by atoms with Crippen molar-refractivity contribution in [3.05, 3.63) is 119 Å². The highest BCUT2D eigenvalue weighted by Crippen LogP contribution is 2.24. The van der Waals surface area contributed by atoms with Gasteiger partial charge in [-0.1, -0.05) is 71.9 Å². The molecule has 0 saturated heterocycles. The summed E-state index contributed by atoms with van der Waals surface area (Å²) in [5.41, 5.74) is 14.9. The molecule has 218 valence electrons. The topological polar surface area (TPSA) is 163 Å². The molecule has 42 heavy (non-hydrogen) atoms. The Morgan fingerprint density at radius 2 is 1.50 bits per heavy atom. The standard InChI is InChI=1S/C32H35N5O5/c1-2-41-25-14-12-22(13-15-25)16-26(27-18-29(30(34)38)42-37-27)31(39)36-28(17-21-6-4-3-5-7-21)32(40)35-20-24-10-8-23(19-33)9-11-24/h3-15,18,26,28H,2,16-17,19-20,33H2,1H3,(H2,34,38)(H,35,40)(H,36,39)/t26-,28+/m1/s1. The van der Waals surface area contributed by atoms with Crippen molar-refractivity contribution in [1.29, 1.82) is 0 Å². The van der Waals surface area contributed by atoms with E-state index in [1.54, 1.807) is 0 Å². The molecule has 1 heterocycles. The van der Waals surface area contributed by atoms with Gasteiger partial charge < -0.3 is 31.4 Å². The highest BCUT2D eigenvalue weighted by Gasteiger charge is 2.30. The number of carbonyl (C=O) groups excluding carboxylic acids is 3. The Hall–Kier alpha value is -4.96. The van der Waals surface area contributed by atoms with Crippen molar-refractivity contribution in [2.75, 3.05) is 6.61 Å². The second-order valence-electron chi connectivity index (χ2n) is 9.80. The molecule has 0 aliphatic rings. The fourth-order valence-corrected chi connectivity index (χ4v) is 4.46. The molecule has 3 amide bonds. The molecule has 0 aliphatic heterocycles. The van der Waals surface area contributed by atoms with Crippen LogP contribution in [0.2, 0.25) is 0 Å². The number of amides is 3. The zero-order valence-electron chi connectivity index (χ0n) is 23.4. The quantitative estimate of drug-likeness (QED) is 0.181. The Morgan fingerprint density at radius 1 is 0.857 bits per heavy atom. The smallest absolute Gasteiger partial charge is 0.287 e. The summed E-state index contributed by atoms with van der Waals surface area (Å²) in [5, 5.41) is 9.81. The number of benzene rings is 3. The molecular weight excluding hydrogens is 534 g/mol. The first-order valence-corrected chi connectivity index (χ1v) is 13.7. The third-order valence-electron chi connectivity index (χ3n) is 6.76. The average molecular weight is 570 g/mol. The Kier molecular flexibility index (Phi) is 10.4. The molecule has 0 fully saturated rings. The van der Waals surface area contributed by atoms with E-state index in [9.17, 15) is 14.4 Å². The van der Waals surface area contributed by atoms with E-state index in [1.807, 2.05) is 85.8 Å². The van der Waals surface area contributed by atoms with E-state index >= 15 is 0 Å². The summed E-state index contributed by atoms with van der Waals surface area (Å²) in [6.07, 6.45) is 0.502. The van der Waals surface area contributed by atoms with Gasteiger partial charge in [0.1, 0.15) is 11.8 Å². The molecule has 0 saturated carbocycles. The van der Waals surface area contributed by atoms with Crippen molar-refractivity contribution in [3.63, 3.8) is 0 Å². The molecule has 4 rings (SSSR count). The van der Waals surface area contributed by atoms with Crippen LogP contribution in [0.3, 0.4) is 0 Å². The summed E-state index contributed by atoms with van der Waals surface area (Å²) in [4.78, 5) is 38.9. The van der Waals surface area contributed by atoms with Gasteiger partial charge in [-0.3, -0.25) is 14.4 Å². The molecule has 4 aromatic rings. The maximum absolute atomic E-state index is 13.8. The number of nitrogens with two attached hydrogens (primary N) is 2. The van der Waals surface area contributed by atoms with Gasteiger partial charge in [-0.2, -0.15) is 0 Å². The Morgan fingerprint density at radius 3 is 2.12 bits per heavy atom. The lowest BCUT2D eigenvalue weighted by Crippen LogP contribution is -2.49. The van der Waals surface area contributed by atoms with Crippen LogP contribution < -0.4 is 26.8 Å². The van der Waals surface area contributed by atoms with E-state index in [1.165, 1.54) is 6.07 Å². The Labute approximate surface area is 244 Å². The SMILES string of the molecule is CCOc1ccc(C[C@@H](C(=O)N[C@@H](Cc2ccccc2)C(=O)NCc2ccc(CN)cc2)c2cc(C(N)=O)on2)cc1. The number of nitrogens with one attached hydrogen (secondary N) is 2. The summed E-state index contributed by atoms with van der Waals surface area (Å²) in [6.45, 7) is 3.14. The summed E-state index contributed by atoms with van der Waals surface area (Å²) < 4.78 is 10.6. The first-order valence-electron chi connectivity index (χ1n) is 13.7. The van der Waals surface area contributed by atoms with Crippen LogP contribution in [0.1, 0.15) is 51.3 Å². The highest BCUT2D eigenvalue weighted by molar-refractivity contribution is 5.92. The zero-order valence-corrected chi connectivity index (χ0v) is 23.4. The zero-order chi connectivity index (χ0) is 29.9. The first-order chi connectivity index (χ1) is 20.4. The monoisotopic (exact) mass is 569 g/mol. The van der Waals surface area contributed by atoms with Crippen molar-refractivity contribution in [1.82, 2.24) is 15.8 Å². The number of nitrogens with zero attached hydrogens (tertiary/aromatic N) is 1. The summed E-state index contributed by atoms with van der Waals surface area (Å²) >= 11 is 0. The largest absolute Gasteiger partial charge is 0.494 e. The summed E-state index contributed by atoms with van der Waals surface area (Å²) in [7, 11) is 0. The summed E-state index contributed by atoms with van der Waals surface area (Å²) in [6, 6.07) is 24.9. The van der Waals surface area contributed by atoms with Gasteiger partial charge in [0, 0.05) is 25.6 Å². The van der Waals surface area contributed by atoms with Crippen LogP contribution in [0, 0.1) is 0 Å². The van der Waals surface area contributed by atoms with E-state index in [0.717, 1.165) is 22.3 Å². The first kappa shape index (κ1) is 30.0. The van der Waals surface area contributed by atoms with Crippen molar-refractivity contribution in [3.8, 4) is 5.75 Å². The van der Waals surface area contributed by atoms with Crippen LogP contribution in [0.4, 0.5) is 0 Å². The number of carbonyl (C=O) groups is 3. The van der Waals surface area contributed by atoms with Crippen LogP contribution in [-0.2, 0) is 35.5 Å². The normalized spacial score (nSPS) is 12.2. The lowest BCUT2D eigenvalue weighted by atomic mass is 9.94. The number of ether oxygens (including phenoxy) is 1. The van der Waals surface area contributed by atoms with Crippen LogP contribution in [0.15, 0.2) is 89.5 Å². The highest BCUT2D eigenvalue weighted by atomic mass is 16.5. The summed E-state index contributed by atoms with van der Waals surface area (Å²) in [5.74, 6) is -1.90. The molecule has 3 aromatic carbocycles. The van der Waals surface area contributed by atoms with Gasteiger partial charge in [0.15, 0.2) is 0 Å². The molecule has 0 radical (unpaired) electrons. The van der Waals surface area contributed by atoms with Gasteiger partial charge in [0.05, 0.1) is 18.2 Å². The molecule has 0 spiro atoms. The van der Waals surface area contributed by atoms with Gasteiger partial charge in [0.2, 0.25) is 17.6 Å². The fourth-order valence-electron chi connectivity index (χ4n) is 4.46.